The van der Waals surface area contributed by atoms with E-state index in [1.54, 1.807) is 13.4 Å². The summed E-state index contributed by atoms with van der Waals surface area (Å²) < 4.78 is 10.5. The summed E-state index contributed by atoms with van der Waals surface area (Å²) in [5.41, 5.74) is 0.126. The molecule has 0 aliphatic carbocycles. The highest BCUT2D eigenvalue weighted by atomic mass is 127. The van der Waals surface area contributed by atoms with Gasteiger partial charge in [-0.3, -0.25) is 4.99 Å². The Morgan fingerprint density at radius 1 is 1.42 bits per heavy atom. The van der Waals surface area contributed by atoms with Gasteiger partial charge in [-0.1, -0.05) is 20.8 Å². The van der Waals surface area contributed by atoms with Gasteiger partial charge in [-0.05, 0) is 37.3 Å². The van der Waals surface area contributed by atoms with Crippen LogP contribution in [0, 0.1) is 5.41 Å². The Bertz CT molecular complexity index is 447. The second kappa shape index (κ2) is 12.6. The Morgan fingerprint density at radius 2 is 2.17 bits per heavy atom. The van der Waals surface area contributed by atoms with E-state index >= 15 is 0 Å². The molecule has 0 amide bonds. The molecule has 0 spiro atoms. The first-order valence-corrected chi connectivity index (χ1v) is 8.53. The van der Waals surface area contributed by atoms with E-state index in [1.807, 2.05) is 12.1 Å². The molecule has 0 saturated heterocycles. The minimum Gasteiger partial charge on any atom is -0.469 e. The average molecular weight is 451 g/mol. The summed E-state index contributed by atoms with van der Waals surface area (Å²) >= 11 is 0. The van der Waals surface area contributed by atoms with E-state index in [0.717, 1.165) is 50.7 Å². The van der Waals surface area contributed by atoms with E-state index in [4.69, 9.17) is 14.1 Å². The van der Waals surface area contributed by atoms with Crippen LogP contribution < -0.4 is 10.6 Å². The number of rotatable bonds is 10. The predicted molar refractivity (Wildman–Crippen MR) is 111 cm³/mol. The molecule has 0 aliphatic heterocycles. The first-order valence-electron chi connectivity index (χ1n) is 8.53. The van der Waals surface area contributed by atoms with Gasteiger partial charge in [0.1, 0.15) is 5.76 Å². The zero-order valence-corrected chi connectivity index (χ0v) is 18.1. The van der Waals surface area contributed by atoms with Crippen LogP contribution in [-0.2, 0) is 11.2 Å². The number of nitrogens with one attached hydrogen (secondary N) is 2. The third kappa shape index (κ3) is 10.2. The normalized spacial score (nSPS) is 13.3. The van der Waals surface area contributed by atoms with Crippen LogP contribution in [0.4, 0.5) is 0 Å². The van der Waals surface area contributed by atoms with Gasteiger partial charge >= 0.3 is 0 Å². The molecule has 0 radical (unpaired) electrons. The van der Waals surface area contributed by atoms with Crippen molar-refractivity contribution in [1.82, 2.24) is 10.6 Å². The maximum Gasteiger partial charge on any atom is 0.191 e. The summed E-state index contributed by atoms with van der Waals surface area (Å²) in [5, 5.41) is 6.85. The fraction of sp³-hybridized carbons (Fsp3) is 0.722. The van der Waals surface area contributed by atoms with Gasteiger partial charge in [0.15, 0.2) is 5.96 Å². The van der Waals surface area contributed by atoms with Crippen molar-refractivity contribution in [1.29, 1.82) is 0 Å². The van der Waals surface area contributed by atoms with Gasteiger partial charge in [0, 0.05) is 39.3 Å². The number of hydrogen-bond donors (Lipinski definition) is 2. The Labute approximate surface area is 164 Å². The third-order valence-electron chi connectivity index (χ3n) is 3.89. The minimum absolute atomic E-state index is 0. The van der Waals surface area contributed by atoms with Crippen LogP contribution in [-0.4, -0.2) is 38.8 Å². The van der Waals surface area contributed by atoms with Crippen LogP contribution in [0.25, 0.3) is 0 Å². The molecule has 0 aliphatic rings. The average Bonchev–Trinajstić information content (AvgIpc) is 3.03. The first-order chi connectivity index (χ1) is 11.0. The van der Waals surface area contributed by atoms with Crippen LogP contribution in [0.2, 0.25) is 0 Å². The summed E-state index contributed by atoms with van der Waals surface area (Å²) in [6.07, 6.45) is 4.61. The van der Waals surface area contributed by atoms with Crippen molar-refractivity contribution in [3.8, 4) is 0 Å². The van der Waals surface area contributed by atoms with E-state index in [1.165, 1.54) is 0 Å². The monoisotopic (exact) mass is 451 g/mol. The molecule has 6 heteroatoms. The Kier molecular flexibility index (Phi) is 12.2. The fourth-order valence-corrected chi connectivity index (χ4v) is 2.00. The standard InChI is InChI=1S/C18H33N3O2.HI/c1-6-15(2)21-17(19-11-9-16-8-7-12-23-16)20-14-18(3,4)10-13-22-5;/h7-8,12,15H,6,9-11,13-14H2,1-5H3,(H2,19,20,21);1H. The molecular weight excluding hydrogens is 417 g/mol. The van der Waals surface area contributed by atoms with Crippen molar-refractivity contribution in [2.24, 2.45) is 10.4 Å². The number of hydrogen-bond acceptors (Lipinski definition) is 3. The molecule has 1 unspecified atom stereocenters. The molecule has 24 heavy (non-hydrogen) atoms. The lowest BCUT2D eigenvalue weighted by atomic mass is 9.90. The van der Waals surface area contributed by atoms with Crippen molar-refractivity contribution >= 4 is 29.9 Å². The summed E-state index contributed by atoms with van der Waals surface area (Å²) in [5.74, 6) is 1.86. The lowest BCUT2D eigenvalue weighted by Gasteiger charge is -2.23. The van der Waals surface area contributed by atoms with Gasteiger partial charge < -0.3 is 19.8 Å². The molecule has 5 nitrogen and oxygen atoms in total. The van der Waals surface area contributed by atoms with Gasteiger partial charge in [0.05, 0.1) is 6.26 Å². The van der Waals surface area contributed by atoms with Gasteiger partial charge in [0.2, 0.25) is 0 Å². The molecular formula is C18H34IN3O2. The molecule has 1 rings (SSSR count). The smallest absolute Gasteiger partial charge is 0.191 e. The fourth-order valence-electron chi connectivity index (χ4n) is 2.00. The van der Waals surface area contributed by atoms with E-state index in [9.17, 15) is 0 Å². The quantitative estimate of drug-likeness (QED) is 0.323. The van der Waals surface area contributed by atoms with Crippen molar-refractivity contribution in [3.63, 3.8) is 0 Å². The number of guanidine groups is 1. The van der Waals surface area contributed by atoms with Crippen molar-refractivity contribution in [2.45, 2.75) is 53.0 Å². The van der Waals surface area contributed by atoms with Crippen molar-refractivity contribution < 1.29 is 9.15 Å². The Morgan fingerprint density at radius 3 is 2.75 bits per heavy atom. The molecule has 1 heterocycles. The highest BCUT2D eigenvalue weighted by Gasteiger charge is 2.17. The maximum absolute atomic E-state index is 5.36. The predicted octanol–water partition coefficient (Wildman–Crippen LogP) is 3.84. The van der Waals surface area contributed by atoms with Crippen LogP contribution in [0.15, 0.2) is 27.8 Å². The molecule has 0 bridgehead atoms. The SMILES string of the molecule is CCC(C)NC(=NCC(C)(C)CCOC)NCCc1ccco1.I. The second-order valence-electron chi connectivity index (χ2n) is 6.78. The van der Waals surface area contributed by atoms with E-state index in [0.29, 0.717) is 6.04 Å². The highest BCUT2D eigenvalue weighted by molar-refractivity contribution is 14.0. The molecule has 1 atom stereocenters. The summed E-state index contributed by atoms with van der Waals surface area (Å²) in [4.78, 5) is 4.76. The van der Waals surface area contributed by atoms with E-state index in [-0.39, 0.29) is 29.4 Å². The second-order valence-corrected chi connectivity index (χ2v) is 6.78. The van der Waals surface area contributed by atoms with Gasteiger partial charge in [-0.2, -0.15) is 0 Å². The van der Waals surface area contributed by atoms with Crippen LogP contribution in [0.5, 0.6) is 0 Å². The molecule has 0 saturated carbocycles. The van der Waals surface area contributed by atoms with E-state index < -0.39 is 0 Å². The third-order valence-corrected chi connectivity index (χ3v) is 3.89. The highest BCUT2D eigenvalue weighted by Crippen LogP contribution is 2.20. The van der Waals surface area contributed by atoms with Gasteiger partial charge in [-0.25, -0.2) is 0 Å². The molecule has 1 aromatic heterocycles. The lowest BCUT2D eigenvalue weighted by molar-refractivity contribution is 0.155. The lowest BCUT2D eigenvalue weighted by Crippen LogP contribution is -2.43. The molecule has 0 aromatic carbocycles. The summed E-state index contributed by atoms with van der Waals surface area (Å²) in [6.45, 7) is 11.1. The van der Waals surface area contributed by atoms with E-state index in [2.05, 4.69) is 38.3 Å². The Hall–Kier alpha value is -0.760. The summed E-state index contributed by atoms with van der Waals surface area (Å²) in [7, 11) is 1.74. The van der Waals surface area contributed by atoms with Gasteiger partial charge in [-0.15, -0.1) is 24.0 Å². The van der Waals surface area contributed by atoms with Crippen molar-refractivity contribution in [3.05, 3.63) is 24.2 Å². The number of halogens is 1. The van der Waals surface area contributed by atoms with Gasteiger partial charge in [0.25, 0.3) is 0 Å². The topological polar surface area (TPSA) is 58.8 Å². The number of aliphatic imine (C=N–C) groups is 1. The molecule has 1 aromatic rings. The van der Waals surface area contributed by atoms with Crippen LogP contribution in [0.1, 0.15) is 46.3 Å². The van der Waals surface area contributed by atoms with Crippen LogP contribution in [0.3, 0.4) is 0 Å². The molecule has 2 N–H and O–H groups in total. The number of methoxy groups -OCH3 is 1. The summed E-state index contributed by atoms with van der Waals surface area (Å²) in [6, 6.07) is 4.31. The largest absolute Gasteiger partial charge is 0.469 e. The first kappa shape index (κ1) is 23.2. The van der Waals surface area contributed by atoms with Crippen molar-refractivity contribution in [2.75, 3.05) is 26.8 Å². The molecule has 140 valence electrons. The minimum atomic E-state index is 0. The zero-order chi connectivity index (χ0) is 17.1. The maximum atomic E-state index is 5.36. The number of ether oxygens (including phenoxy) is 1. The number of nitrogens with zero attached hydrogens (tertiary/aromatic N) is 1. The van der Waals surface area contributed by atoms with Crippen LogP contribution >= 0.6 is 24.0 Å². The molecule has 0 fully saturated rings. The number of furan rings is 1. The zero-order valence-electron chi connectivity index (χ0n) is 15.7. The Balaban J connectivity index is 0.00000529.